The van der Waals surface area contributed by atoms with Gasteiger partial charge in [0.2, 0.25) is 0 Å². The van der Waals surface area contributed by atoms with Crippen LogP contribution < -0.4 is 5.32 Å². The number of hydrogen-bond acceptors (Lipinski definition) is 3. The highest BCUT2D eigenvalue weighted by Gasteiger charge is 2.35. The first kappa shape index (κ1) is 11.0. The van der Waals surface area contributed by atoms with Gasteiger partial charge in [0.15, 0.2) is 5.13 Å². The van der Waals surface area contributed by atoms with Crippen molar-refractivity contribution in [3.63, 3.8) is 0 Å². The summed E-state index contributed by atoms with van der Waals surface area (Å²) in [6.07, 6.45) is 5.13. The molecule has 1 aliphatic carbocycles. The van der Waals surface area contributed by atoms with Crippen molar-refractivity contribution in [1.82, 2.24) is 4.98 Å². The Hall–Kier alpha value is -1.09. The molecule has 1 N–H and O–H groups in total. The summed E-state index contributed by atoms with van der Waals surface area (Å²) in [7, 11) is 0. The van der Waals surface area contributed by atoms with Crippen molar-refractivity contribution in [2.24, 2.45) is 0 Å². The summed E-state index contributed by atoms with van der Waals surface area (Å²) < 4.78 is 1.29. The minimum atomic E-state index is 0.336. The zero-order chi connectivity index (χ0) is 11.9. The third kappa shape index (κ3) is 1.93. The van der Waals surface area contributed by atoms with E-state index >= 15 is 0 Å². The molecule has 3 rings (SSSR count). The third-order valence-corrected chi connectivity index (χ3v) is 4.84. The van der Waals surface area contributed by atoms with Crippen molar-refractivity contribution >= 4 is 26.7 Å². The minimum absolute atomic E-state index is 0.336. The van der Waals surface area contributed by atoms with E-state index in [1.165, 1.54) is 35.9 Å². The van der Waals surface area contributed by atoms with Gasteiger partial charge in [-0.3, -0.25) is 0 Å². The summed E-state index contributed by atoms with van der Waals surface area (Å²) in [4.78, 5) is 4.68. The lowest BCUT2D eigenvalue weighted by Gasteiger charge is -2.41. The van der Waals surface area contributed by atoms with Crippen molar-refractivity contribution in [3.8, 4) is 0 Å². The first-order chi connectivity index (χ1) is 8.21. The summed E-state index contributed by atoms with van der Waals surface area (Å²) in [5.74, 6) is 0. The fourth-order valence-electron chi connectivity index (χ4n) is 2.48. The van der Waals surface area contributed by atoms with Crippen LogP contribution in [0.1, 0.15) is 38.2 Å². The summed E-state index contributed by atoms with van der Waals surface area (Å²) in [6.45, 7) is 4.40. The molecule has 0 spiro atoms. The molecule has 0 radical (unpaired) electrons. The van der Waals surface area contributed by atoms with Crippen LogP contribution in [0.15, 0.2) is 18.2 Å². The van der Waals surface area contributed by atoms with E-state index in [4.69, 9.17) is 0 Å². The maximum Gasteiger partial charge on any atom is 0.184 e. The topological polar surface area (TPSA) is 24.9 Å². The number of nitrogens with zero attached hydrogens (tertiary/aromatic N) is 1. The first-order valence-corrected chi connectivity index (χ1v) is 7.18. The molecule has 0 bridgehead atoms. The SMILES string of the molecule is CCC1(Nc2nc3ccc(C)cc3s2)CCC1. The number of aromatic nitrogens is 1. The molecule has 0 amide bonds. The van der Waals surface area contributed by atoms with Crippen LogP contribution in [0.2, 0.25) is 0 Å². The van der Waals surface area contributed by atoms with Gasteiger partial charge in [-0.05, 0) is 50.3 Å². The highest BCUT2D eigenvalue weighted by Crippen LogP contribution is 2.39. The Morgan fingerprint density at radius 3 is 2.88 bits per heavy atom. The number of hydrogen-bond donors (Lipinski definition) is 1. The van der Waals surface area contributed by atoms with Crippen LogP contribution in [0.4, 0.5) is 5.13 Å². The fourth-order valence-corrected chi connectivity index (χ4v) is 3.57. The highest BCUT2D eigenvalue weighted by atomic mass is 32.1. The minimum Gasteiger partial charge on any atom is -0.356 e. The Kier molecular flexibility index (Phi) is 2.58. The maximum absolute atomic E-state index is 4.68. The van der Waals surface area contributed by atoms with Gasteiger partial charge < -0.3 is 5.32 Å². The monoisotopic (exact) mass is 246 g/mol. The van der Waals surface area contributed by atoms with Crippen LogP contribution in [0.3, 0.4) is 0 Å². The number of benzene rings is 1. The number of nitrogens with one attached hydrogen (secondary N) is 1. The van der Waals surface area contributed by atoms with Crippen molar-refractivity contribution in [3.05, 3.63) is 23.8 Å². The van der Waals surface area contributed by atoms with E-state index in [0.29, 0.717) is 5.54 Å². The first-order valence-electron chi connectivity index (χ1n) is 6.36. The van der Waals surface area contributed by atoms with Gasteiger partial charge >= 0.3 is 0 Å². The van der Waals surface area contributed by atoms with Crippen LogP contribution in [0, 0.1) is 6.92 Å². The van der Waals surface area contributed by atoms with Crippen molar-refractivity contribution < 1.29 is 0 Å². The van der Waals surface area contributed by atoms with Crippen LogP contribution in [0.5, 0.6) is 0 Å². The maximum atomic E-state index is 4.68. The molecule has 3 heteroatoms. The molecule has 0 atom stereocenters. The van der Waals surface area contributed by atoms with Crippen LogP contribution in [-0.2, 0) is 0 Å². The van der Waals surface area contributed by atoms with E-state index in [-0.39, 0.29) is 0 Å². The molecular formula is C14H18N2S. The lowest BCUT2D eigenvalue weighted by molar-refractivity contribution is 0.269. The highest BCUT2D eigenvalue weighted by molar-refractivity contribution is 7.22. The molecule has 1 heterocycles. The smallest absolute Gasteiger partial charge is 0.184 e. The Labute approximate surface area is 106 Å². The Bertz CT molecular complexity index is 535. The fraction of sp³-hybridized carbons (Fsp3) is 0.500. The van der Waals surface area contributed by atoms with E-state index in [9.17, 15) is 0 Å². The predicted octanol–water partition coefficient (Wildman–Crippen LogP) is 4.35. The average Bonchev–Trinajstić information content (AvgIpc) is 2.65. The average molecular weight is 246 g/mol. The Morgan fingerprint density at radius 1 is 1.41 bits per heavy atom. The quantitative estimate of drug-likeness (QED) is 0.871. The number of thiazole rings is 1. The van der Waals surface area contributed by atoms with Gasteiger partial charge in [0, 0.05) is 5.54 Å². The second-order valence-electron chi connectivity index (χ2n) is 5.10. The lowest BCUT2D eigenvalue weighted by Crippen LogP contribution is -2.44. The number of aryl methyl sites for hydroxylation is 1. The molecule has 1 fully saturated rings. The molecule has 2 nitrogen and oxygen atoms in total. The second-order valence-corrected chi connectivity index (χ2v) is 6.13. The van der Waals surface area contributed by atoms with Gasteiger partial charge in [-0.25, -0.2) is 4.98 Å². The van der Waals surface area contributed by atoms with Crippen molar-refractivity contribution in [1.29, 1.82) is 0 Å². The van der Waals surface area contributed by atoms with E-state index in [1.807, 2.05) is 0 Å². The molecule has 1 aromatic heterocycles. The van der Waals surface area contributed by atoms with Gasteiger partial charge in [-0.2, -0.15) is 0 Å². The molecule has 0 unspecified atom stereocenters. The summed E-state index contributed by atoms with van der Waals surface area (Å²) in [5, 5.41) is 4.75. The van der Waals surface area contributed by atoms with E-state index < -0.39 is 0 Å². The third-order valence-electron chi connectivity index (χ3n) is 3.90. The van der Waals surface area contributed by atoms with Gasteiger partial charge in [-0.1, -0.05) is 24.3 Å². The van der Waals surface area contributed by atoms with Gasteiger partial charge in [-0.15, -0.1) is 0 Å². The molecular weight excluding hydrogens is 228 g/mol. The molecule has 90 valence electrons. The molecule has 0 saturated heterocycles. The molecule has 0 aliphatic heterocycles. The van der Waals surface area contributed by atoms with Crippen LogP contribution in [-0.4, -0.2) is 10.5 Å². The number of rotatable bonds is 3. The Morgan fingerprint density at radius 2 is 2.24 bits per heavy atom. The van der Waals surface area contributed by atoms with Gasteiger partial charge in [0.05, 0.1) is 10.2 Å². The molecule has 1 aliphatic rings. The van der Waals surface area contributed by atoms with Crippen molar-refractivity contribution in [2.45, 2.75) is 45.1 Å². The number of anilines is 1. The number of fused-ring (bicyclic) bond motifs is 1. The normalized spacial score (nSPS) is 18.0. The molecule has 17 heavy (non-hydrogen) atoms. The summed E-state index contributed by atoms with van der Waals surface area (Å²) >= 11 is 1.78. The summed E-state index contributed by atoms with van der Waals surface area (Å²) in [6, 6.07) is 6.47. The largest absolute Gasteiger partial charge is 0.356 e. The van der Waals surface area contributed by atoms with E-state index in [0.717, 1.165) is 10.6 Å². The molecule has 1 saturated carbocycles. The second kappa shape index (κ2) is 3.98. The molecule has 2 aromatic rings. The zero-order valence-corrected chi connectivity index (χ0v) is 11.2. The lowest BCUT2D eigenvalue weighted by atomic mass is 9.75. The zero-order valence-electron chi connectivity index (χ0n) is 10.4. The van der Waals surface area contributed by atoms with Crippen molar-refractivity contribution in [2.75, 3.05) is 5.32 Å². The van der Waals surface area contributed by atoms with Gasteiger partial charge in [0.1, 0.15) is 0 Å². The van der Waals surface area contributed by atoms with E-state index in [2.05, 4.69) is 42.3 Å². The predicted molar refractivity (Wildman–Crippen MR) is 74.9 cm³/mol. The van der Waals surface area contributed by atoms with Crippen LogP contribution in [0.25, 0.3) is 10.2 Å². The van der Waals surface area contributed by atoms with Gasteiger partial charge in [0.25, 0.3) is 0 Å². The van der Waals surface area contributed by atoms with E-state index in [1.54, 1.807) is 11.3 Å². The Balaban J connectivity index is 1.90. The standard InChI is InChI=1S/C14H18N2S/c1-3-14(7-4-8-14)16-13-15-11-6-5-10(2)9-12(11)17-13/h5-6,9H,3-4,7-8H2,1-2H3,(H,15,16). The summed E-state index contributed by atoms with van der Waals surface area (Å²) in [5.41, 5.74) is 2.76. The van der Waals surface area contributed by atoms with Crippen LogP contribution >= 0.6 is 11.3 Å². The molecule has 1 aromatic carbocycles.